The Bertz CT molecular complexity index is 692. The zero-order valence-electron chi connectivity index (χ0n) is 14.7. The number of benzene rings is 2. The van der Waals surface area contributed by atoms with E-state index in [4.69, 9.17) is 0 Å². The van der Waals surface area contributed by atoms with Crippen LogP contribution >= 0.6 is 0 Å². The maximum Gasteiger partial charge on any atom is 0.221 e. The lowest BCUT2D eigenvalue weighted by molar-refractivity contribution is -0.114. The number of aryl methyl sites for hydroxylation is 1. The van der Waals surface area contributed by atoms with Crippen molar-refractivity contribution in [3.63, 3.8) is 0 Å². The van der Waals surface area contributed by atoms with Crippen LogP contribution in [0.25, 0.3) is 11.1 Å². The van der Waals surface area contributed by atoms with Crippen LogP contribution in [0.3, 0.4) is 0 Å². The highest BCUT2D eigenvalue weighted by Gasteiger charge is 2.10. The number of rotatable bonds is 5. The summed E-state index contributed by atoms with van der Waals surface area (Å²) in [5.74, 6) is -0.0331. The number of hydrogen-bond acceptors (Lipinski definition) is 2. The second-order valence-electron chi connectivity index (χ2n) is 6.17. The van der Waals surface area contributed by atoms with Gasteiger partial charge in [-0.2, -0.15) is 0 Å². The van der Waals surface area contributed by atoms with Crippen LogP contribution in [0, 0.1) is 0 Å². The third kappa shape index (κ3) is 4.20. The summed E-state index contributed by atoms with van der Waals surface area (Å²) < 4.78 is 0. The highest BCUT2D eigenvalue weighted by Crippen LogP contribution is 2.28. The van der Waals surface area contributed by atoms with Gasteiger partial charge in [0.05, 0.1) is 0 Å². The number of nitrogens with zero attached hydrogens (tertiary/aromatic N) is 1. The lowest BCUT2D eigenvalue weighted by Gasteiger charge is -2.21. The predicted molar refractivity (Wildman–Crippen MR) is 97.7 cm³/mol. The monoisotopic (exact) mass is 310 g/mol. The summed E-state index contributed by atoms with van der Waals surface area (Å²) in [7, 11) is 4.18. The molecule has 3 nitrogen and oxygen atoms in total. The van der Waals surface area contributed by atoms with Crippen LogP contribution in [0.4, 0.5) is 5.69 Å². The fraction of sp³-hybridized carbons (Fsp3) is 0.350. The van der Waals surface area contributed by atoms with Gasteiger partial charge in [-0.05, 0) is 67.9 Å². The third-order valence-electron chi connectivity index (χ3n) is 4.27. The first-order valence-electron chi connectivity index (χ1n) is 8.09. The first-order valence-corrected chi connectivity index (χ1v) is 8.09. The molecule has 2 aromatic carbocycles. The van der Waals surface area contributed by atoms with Crippen molar-refractivity contribution in [2.45, 2.75) is 33.2 Å². The molecule has 2 rings (SSSR count). The summed E-state index contributed by atoms with van der Waals surface area (Å²) >= 11 is 0. The van der Waals surface area contributed by atoms with Gasteiger partial charge in [-0.15, -0.1) is 0 Å². The van der Waals surface area contributed by atoms with Gasteiger partial charge in [-0.3, -0.25) is 4.79 Å². The van der Waals surface area contributed by atoms with Gasteiger partial charge in [-0.1, -0.05) is 31.2 Å². The van der Waals surface area contributed by atoms with Gasteiger partial charge in [0.25, 0.3) is 0 Å². The lowest BCUT2D eigenvalue weighted by Crippen LogP contribution is -2.16. The minimum absolute atomic E-state index is 0.0331. The number of nitrogens with one attached hydrogen (secondary N) is 1. The van der Waals surface area contributed by atoms with E-state index in [1.54, 1.807) is 6.92 Å². The van der Waals surface area contributed by atoms with Crippen molar-refractivity contribution in [1.29, 1.82) is 0 Å². The Balaban J connectivity index is 2.38. The van der Waals surface area contributed by atoms with Crippen LogP contribution in [0.1, 0.15) is 37.9 Å². The molecule has 2 aromatic rings. The second-order valence-corrected chi connectivity index (χ2v) is 6.17. The van der Waals surface area contributed by atoms with Crippen molar-refractivity contribution in [2.24, 2.45) is 0 Å². The van der Waals surface area contributed by atoms with E-state index in [1.165, 1.54) is 16.7 Å². The van der Waals surface area contributed by atoms with Crippen molar-refractivity contribution in [3.8, 4) is 11.1 Å². The molecule has 23 heavy (non-hydrogen) atoms. The van der Waals surface area contributed by atoms with E-state index in [0.717, 1.165) is 17.7 Å². The molecule has 0 aromatic heterocycles. The van der Waals surface area contributed by atoms with Crippen molar-refractivity contribution in [1.82, 2.24) is 4.90 Å². The lowest BCUT2D eigenvalue weighted by atomic mass is 9.97. The molecule has 0 aliphatic heterocycles. The van der Waals surface area contributed by atoms with Crippen LogP contribution in [-0.2, 0) is 11.2 Å². The summed E-state index contributed by atoms with van der Waals surface area (Å²) in [5, 5.41) is 2.90. The highest BCUT2D eigenvalue weighted by molar-refractivity contribution is 5.90. The Kier molecular flexibility index (Phi) is 5.56. The average molecular weight is 310 g/mol. The molecule has 0 saturated carbocycles. The van der Waals surface area contributed by atoms with Crippen molar-refractivity contribution < 1.29 is 4.79 Å². The van der Waals surface area contributed by atoms with Crippen molar-refractivity contribution in [2.75, 3.05) is 19.4 Å². The SMILES string of the molecule is CCc1cc(-c2cccc([C@@H](C)N(C)C)c2)ccc1NC(C)=O. The minimum Gasteiger partial charge on any atom is -0.326 e. The number of hydrogen-bond donors (Lipinski definition) is 1. The zero-order valence-corrected chi connectivity index (χ0v) is 14.7. The fourth-order valence-electron chi connectivity index (χ4n) is 2.65. The van der Waals surface area contributed by atoms with Gasteiger partial charge >= 0.3 is 0 Å². The number of anilines is 1. The first kappa shape index (κ1) is 17.2. The van der Waals surface area contributed by atoms with Crippen LogP contribution in [-0.4, -0.2) is 24.9 Å². The van der Waals surface area contributed by atoms with Crippen LogP contribution in [0.15, 0.2) is 42.5 Å². The molecule has 3 heteroatoms. The molecule has 0 spiro atoms. The Hall–Kier alpha value is -2.13. The topological polar surface area (TPSA) is 32.3 Å². The molecule has 0 saturated heterocycles. The third-order valence-corrected chi connectivity index (χ3v) is 4.27. The summed E-state index contributed by atoms with van der Waals surface area (Å²) in [6.07, 6.45) is 0.886. The molecule has 0 bridgehead atoms. The normalized spacial score (nSPS) is 12.3. The predicted octanol–water partition coefficient (Wildman–Crippen LogP) is 4.50. The summed E-state index contributed by atoms with van der Waals surface area (Å²) in [4.78, 5) is 13.5. The minimum atomic E-state index is -0.0331. The molecule has 0 fully saturated rings. The smallest absolute Gasteiger partial charge is 0.221 e. The molecule has 0 aliphatic rings. The molecule has 122 valence electrons. The summed E-state index contributed by atoms with van der Waals surface area (Å²) in [5.41, 5.74) is 5.76. The van der Waals surface area contributed by atoms with Crippen molar-refractivity contribution >= 4 is 11.6 Å². The van der Waals surface area contributed by atoms with E-state index in [2.05, 4.69) is 74.6 Å². The molecule has 1 atom stereocenters. The maximum absolute atomic E-state index is 11.3. The molecule has 1 amide bonds. The average Bonchev–Trinajstić information content (AvgIpc) is 2.54. The number of amides is 1. The van der Waals surface area contributed by atoms with E-state index in [-0.39, 0.29) is 5.91 Å². The van der Waals surface area contributed by atoms with E-state index in [9.17, 15) is 4.79 Å². The van der Waals surface area contributed by atoms with E-state index >= 15 is 0 Å². The standard InChI is InChI=1S/C20H26N2O/c1-6-16-12-19(10-11-20(16)21-15(3)23)18-9-7-8-17(13-18)14(2)22(4)5/h7-14H,6H2,1-5H3,(H,21,23)/t14-/m1/s1. The summed E-state index contributed by atoms with van der Waals surface area (Å²) in [6.45, 7) is 5.85. The molecular formula is C20H26N2O. The quantitative estimate of drug-likeness (QED) is 0.882. The van der Waals surface area contributed by atoms with E-state index < -0.39 is 0 Å². The second kappa shape index (κ2) is 7.42. The molecule has 0 radical (unpaired) electrons. The van der Waals surface area contributed by atoms with Gasteiger partial charge in [-0.25, -0.2) is 0 Å². The van der Waals surface area contributed by atoms with Gasteiger partial charge in [0, 0.05) is 18.7 Å². The molecule has 1 N–H and O–H groups in total. The van der Waals surface area contributed by atoms with Crippen molar-refractivity contribution in [3.05, 3.63) is 53.6 Å². The van der Waals surface area contributed by atoms with E-state index in [1.807, 2.05) is 6.07 Å². The Morgan fingerprint density at radius 1 is 1.13 bits per heavy atom. The first-order chi connectivity index (χ1) is 10.9. The van der Waals surface area contributed by atoms with Crippen LogP contribution in [0.2, 0.25) is 0 Å². The number of carbonyl (C=O) groups excluding carboxylic acids is 1. The fourth-order valence-corrected chi connectivity index (χ4v) is 2.65. The Morgan fingerprint density at radius 3 is 2.43 bits per heavy atom. The molecule has 0 aliphatic carbocycles. The largest absolute Gasteiger partial charge is 0.326 e. The van der Waals surface area contributed by atoms with Gasteiger partial charge < -0.3 is 10.2 Å². The molecule has 0 heterocycles. The van der Waals surface area contributed by atoms with Gasteiger partial charge in [0.15, 0.2) is 0 Å². The Labute approximate surface area is 139 Å². The molecular weight excluding hydrogens is 284 g/mol. The van der Waals surface area contributed by atoms with Gasteiger partial charge in [0.2, 0.25) is 5.91 Å². The van der Waals surface area contributed by atoms with Gasteiger partial charge in [0.1, 0.15) is 0 Å². The van der Waals surface area contributed by atoms with E-state index in [0.29, 0.717) is 6.04 Å². The maximum atomic E-state index is 11.3. The van der Waals surface area contributed by atoms with Crippen LogP contribution < -0.4 is 5.32 Å². The molecule has 0 unspecified atom stereocenters. The highest BCUT2D eigenvalue weighted by atomic mass is 16.1. The van der Waals surface area contributed by atoms with Crippen LogP contribution in [0.5, 0.6) is 0 Å². The zero-order chi connectivity index (χ0) is 17.0. The summed E-state index contributed by atoms with van der Waals surface area (Å²) in [6, 6.07) is 15.3. The Morgan fingerprint density at radius 2 is 1.83 bits per heavy atom. The number of carbonyl (C=O) groups is 1.